The van der Waals surface area contributed by atoms with Crippen LogP contribution < -0.4 is 10.2 Å². The molecule has 1 aliphatic rings. The van der Waals surface area contributed by atoms with E-state index >= 15 is 0 Å². The average molecular weight is 342 g/mol. The monoisotopic (exact) mass is 341 g/mol. The number of hydrogen-bond donors (Lipinski definition) is 1. The molecular weight excluding hydrogens is 326 g/mol. The van der Waals surface area contributed by atoms with Crippen LogP contribution in [-0.2, 0) is 4.74 Å². The van der Waals surface area contributed by atoms with E-state index in [2.05, 4.69) is 10.2 Å². The highest BCUT2D eigenvalue weighted by Gasteiger charge is 2.23. The molecule has 2 atom stereocenters. The fourth-order valence-corrected chi connectivity index (χ4v) is 2.94. The van der Waals surface area contributed by atoms with Crippen LogP contribution in [0.4, 0.5) is 11.4 Å². The van der Waals surface area contributed by atoms with E-state index in [1.165, 1.54) is 0 Å². The van der Waals surface area contributed by atoms with Gasteiger partial charge in [0.1, 0.15) is 23.9 Å². The maximum absolute atomic E-state index is 9.08. The van der Waals surface area contributed by atoms with E-state index in [-0.39, 0.29) is 23.5 Å². The van der Waals surface area contributed by atoms with Gasteiger partial charge in [0.15, 0.2) is 5.57 Å². The summed E-state index contributed by atoms with van der Waals surface area (Å²) in [5.74, 6) is 0. The van der Waals surface area contributed by atoms with Crippen molar-refractivity contribution < 1.29 is 4.74 Å². The molecule has 1 fully saturated rings. The van der Waals surface area contributed by atoms with Crippen molar-refractivity contribution in [3.05, 3.63) is 34.5 Å². The lowest BCUT2D eigenvalue weighted by Gasteiger charge is -2.37. The van der Waals surface area contributed by atoms with Crippen LogP contribution in [0.25, 0.3) is 0 Å². The van der Waals surface area contributed by atoms with E-state index in [0.29, 0.717) is 10.7 Å². The number of nitrogens with zero attached hydrogens (tertiary/aromatic N) is 4. The zero-order valence-electron chi connectivity index (χ0n) is 13.4. The van der Waals surface area contributed by atoms with E-state index in [1.807, 2.05) is 26.0 Å². The molecule has 0 radical (unpaired) electrons. The van der Waals surface area contributed by atoms with Crippen LogP contribution in [0.3, 0.4) is 0 Å². The van der Waals surface area contributed by atoms with Gasteiger partial charge in [-0.3, -0.25) is 0 Å². The van der Waals surface area contributed by atoms with Gasteiger partial charge in [0.25, 0.3) is 0 Å². The van der Waals surface area contributed by atoms with E-state index in [9.17, 15) is 0 Å². The number of allylic oxidation sites excluding steroid dienone is 2. The molecule has 24 heavy (non-hydrogen) atoms. The zero-order valence-corrected chi connectivity index (χ0v) is 14.1. The Balaban J connectivity index is 2.25. The van der Waals surface area contributed by atoms with E-state index in [4.69, 9.17) is 32.1 Å². The summed E-state index contributed by atoms with van der Waals surface area (Å²) in [6.45, 7) is 5.52. The number of nitrogens with one attached hydrogen (secondary N) is 1. The number of benzene rings is 1. The van der Waals surface area contributed by atoms with E-state index in [0.717, 1.165) is 18.8 Å². The first-order valence-electron chi connectivity index (χ1n) is 7.40. The molecule has 1 heterocycles. The zero-order chi connectivity index (χ0) is 17.7. The van der Waals surface area contributed by atoms with Crippen LogP contribution in [-0.4, -0.2) is 25.3 Å². The number of hydrogen-bond acceptors (Lipinski definition) is 6. The van der Waals surface area contributed by atoms with Crippen LogP contribution in [0.1, 0.15) is 13.8 Å². The van der Waals surface area contributed by atoms with Gasteiger partial charge in [-0.05, 0) is 32.0 Å². The standard InChI is InChI=1S/C17H16ClN5O/c1-11-9-23(10-12(2)24-11)17-4-3-14(5-15(17)18)22-16(8-21)13(6-19)7-20/h3-5,11-12,22H,9-10H2,1-2H3. The Labute approximate surface area is 146 Å². The van der Waals surface area contributed by atoms with Crippen LogP contribution in [0.2, 0.25) is 5.02 Å². The molecule has 2 rings (SSSR count). The molecule has 1 saturated heterocycles. The Morgan fingerprint density at radius 2 is 1.79 bits per heavy atom. The highest BCUT2D eigenvalue weighted by atomic mass is 35.5. The highest BCUT2D eigenvalue weighted by Crippen LogP contribution is 2.31. The number of nitriles is 3. The van der Waals surface area contributed by atoms with Gasteiger partial charge >= 0.3 is 0 Å². The third-order valence-electron chi connectivity index (χ3n) is 3.56. The Hall–Kier alpha value is -2.72. The van der Waals surface area contributed by atoms with E-state index in [1.54, 1.807) is 24.3 Å². The van der Waals surface area contributed by atoms with Crippen molar-refractivity contribution in [1.29, 1.82) is 15.8 Å². The molecule has 2 unspecified atom stereocenters. The molecule has 0 aromatic heterocycles. The molecular formula is C17H16ClN5O. The maximum Gasteiger partial charge on any atom is 0.163 e. The van der Waals surface area contributed by atoms with Crippen molar-refractivity contribution >= 4 is 23.0 Å². The fourth-order valence-electron chi connectivity index (χ4n) is 2.64. The molecule has 0 bridgehead atoms. The number of anilines is 2. The summed E-state index contributed by atoms with van der Waals surface area (Å²) in [4.78, 5) is 2.15. The molecule has 7 heteroatoms. The Bertz CT molecular complexity index is 758. The maximum atomic E-state index is 9.08. The molecule has 0 amide bonds. The lowest BCUT2D eigenvalue weighted by molar-refractivity contribution is -0.00520. The first kappa shape index (κ1) is 17.6. The van der Waals surface area contributed by atoms with Crippen molar-refractivity contribution in [2.75, 3.05) is 23.3 Å². The molecule has 122 valence electrons. The molecule has 1 N–H and O–H groups in total. The Morgan fingerprint density at radius 1 is 1.17 bits per heavy atom. The number of morpholine rings is 1. The number of halogens is 1. The highest BCUT2D eigenvalue weighted by molar-refractivity contribution is 6.33. The van der Waals surface area contributed by atoms with Gasteiger partial charge in [0, 0.05) is 18.8 Å². The van der Waals surface area contributed by atoms with Gasteiger partial charge < -0.3 is 15.0 Å². The van der Waals surface area contributed by atoms with Crippen molar-refractivity contribution in [2.45, 2.75) is 26.1 Å². The van der Waals surface area contributed by atoms with Gasteiger partial charge in [-0.2, -0.15) is 15.8 Å². The second-order valence-electron chi connectivity index (χ2n) is 5.54. The third kappa shape index (κ3) is 3.97. The molecule has 6 nitrogen and oxygen atoms in total. The van der Waals surface area contributed by atoms with Crippen LogP contribution in [0, 0.1) is 34.0 Å². The quantitative estimate of drug-likeness (QED) is 0.848. The van der Waals surface area contributed by atoms with Gasteiger partial charge in [-0.15, -0.1) is 0 Å². The summed E-state index contributed by atoms with van der Waals surface area (Å²) in [6, 6.07) is 10.5. The van der Waals surface area contributed by atoms with Crippen molar-refractivity contribution in [2.24, 2.45) is 0 Å². The summed E-state index contributed by atoms with van der Waals surface area (Å²) in [5, 5.41) is 30.1. The summed E-state index contributed by atoms with van der Waals surface area (Å²) in [6.07, 6.45) is 0.231. The minimum absolute atomic E-state index is 0.0996. The summed E-state index contributed by atoms with van der Waals surface area (Å²) < 4.78 is 5.72. The van der Waals surface area contributed by atoms with E-state index < -0.39 is 0 Å². The molecule has 1 aromatic carbocycles. The van der Waals surface area contributed by atoms with Crippen LogP contribution in [0.5, 0.6) is 0 Å². The number of rotatable bonds is 3. The number of ether oxygens (including phenoxy) is 1. The molecule has 0 aliphatic carbocycles. The van der Waals surface area contributed by atoms with Gasteiger partial charge in [0.2, 0.25) is 0 Å². The first-order chi connectivity index (χ1) is 11.5. The largest absolute Gasteiger partial charge is 0.372 e. The van der Waals surface area contributed by atoms with Gasteiger partial charge in [-0.1, -0.05) is 11.6 Å². The minimum Gasteiger partial charge on any atom is -0.372 e. The smallest absolute Gasteiger partial charge is 0.163 e. The summed E-state index contributed by atoms with van der Waals surface area (Å²) >= 11 is 6.38. The SMILES string of the molecule is CC1CN(c2ccc(NC(C#N)=C(C#N)C#N)cc2Cl)CC(C)O1. The van der Waals surface area contributed by atoms with Crippen molar-refractivity contribution in [3.63, 3.8) is 0 Å². The van der Waals surface area contributed by atoms with Crippen molar-refractivity contribution in [3.8, 4) is 18.2 Å². The second-order valence-corrected chi connectivity index (χ2v) is 5.95. The fraction of sp³-hybridized carbons (Fsp3) is 0.353. The molecule has 0 saturated carbocycles. The van der Waals surface area contributed by atoms with Crippen LogP contribution in [0.15, 0.2) is 29.5 Å². The van der Waals surface area contributed by atoms with Gasteiger partial charge in [0.05, 0.1) is 22.9 Å². The van der Waals surface area contributed by atoms with Crippen LogP contribution >= 0.6 is 11.6 Å². The minimum atomic E-state index is -0.270. The topological polar surface area (TPSA) is 95.9 Å². The average Bonchev–Trinajstić information content (AvgIpc) is 2.54. The second kappa shape index (κ2) is 7.70. The normalized spacial score (nSPS) is 19.6. The van der Waals surface area contributed by atoms with Crippen molar-refractivity contribution in [1.82, 2.24) is 0 Å². The lowest BCUT2D eigenvalue weighted by Crippen LogP contribution is -2.45. The molecule has 1 aliphatic heterocycles. The van der Waals surface area contributed by atoms with Gasteiger partial charge in [-0.25, -0.2) is 0 Å². The summed E-state index contributed by atoms with van der Waals surface area (Å²) in [7, 11) is 0. The Morgan fingerprint density at radius 3 is 2.29 bits per heavy atom. The molecule has 0 spiro atoms. The first-order valence-corrected chi connectivity index (χ1v) is 7.77. The summed E-state index contributed by atoms with van der Waals surface area (Å²) in [5.41, 5.74) is 1.05. The lowest BCUT2D eigenvalue weighted by atomic mass is 10.2. The molecule has 1 aromatic rings. The Kier molecular flexibility index (Phi) is 5.66. The predicted molar refractivity (Wildman–Crippen MR) is 91.2 cm³/mol. The predicted octanol–water partition coefficient (Wildman–Crippen LogP) is 3.19. The third-order valence-corrected chi connectivity index (χ3v) is 3.87.